The van der Waals surface area contributed by atoms with E-state index in [4.69, 9.17) is 0 Å². The van der Waals surface area contributed by atoms with Crippen molar-refractivity contribution in [2.24, 2.45) is 0 Å². The third kappa shape index (κ3) is 5.56. The van der Waals surface area contributed by atoms with Crippen LogP contribution in [0, 0.1) is 6.92 Å². The molecule has 0 aliphatic carbocycles. The van der Waals surface area contributed by atoms with Crippen LogP contribution in [0.5, 0.6) is 0 Å². The lowest BCUT2D eigenvalue weighted by Gasteiger charge is -2.32. The van der Waals surface area contributed by atoms with E-state index in [0.717, 1.165) is 23.2 Å². The molecule has 29 heavy (non-hydrogen) atoms. The number of hydrogen-bond donors (Lipinski definition) is 2. The highest BCUT2D eigenvalue weighted by Gasteiger charge is 2.31. The van der Waals surface area contributed by atoms with Crippen LogP contribution in [0.1, 0.15) is 28.1 Å². The fourth-order valence-corrected chi connectivity index (χ4v) is 6.45. The molecular formula is C18H23N3O5S3. The summed E-state index contributed by atoms with van der Waals surface area (Å²) in [6.45, 7) is 2.55. The highest BCUT2D eigenvalue weighted by atomic mass is 32.2. The zero-order valence-electron chi connectivity index (χ0n) is 16.1. The number of anilines is 1. The molecule has 2 heterocycles. The highest BCUT2D eigenvalue weighted by Crippen LogP contribution is 2.27. The van der Waals surface area contributed by atoms with E-state index < -0.39 is 26.0 Å². The van der Waals surface area contributed by atoms with E-state index in [-0.39, 0.29) is 22.4 Å². The maximum absolute atomic E-state index is 13.0. The van der Waals surface area contributed by atoms with Crippen LogP contribution in [-0.2, 0) is 20.0 Å². The van der Waals surface area contributed by atoms with E-state index >= 15 is 0 Å². The van der Waals surface area contributed by atoms with Gasteiger partial charge in [0.2, 0.25) is 10.0 Å². The van der Waals surface area contributed by atoms with Crippen LogP contribution in [0.15, 0.2) is 40.6 Å². The van der Waals surface area contributed by atoms with Crippen molar-refractivity contribution in [2.75, 3.05) is 24.1 Å². The number of nitrogens with one attached hydrogen (secondary N) is 2. The second-order valence-electron chi connectivity index (χ2n) is 7.07. The molecule has 2 aromatic rings. The molecule has 158 valence electrons. The Morgan fingerprint density at radius 2 is 1.83 bits per heavy atom. The number of carbonyl (C=O) groups is 1. The number of benzene rings is 1. The van der Waals surface area contributed by atoms with Crippen LogP contribution < -0.4 is 9.44 Å². The van der Waals surface area contributed by atoms with Gasteiger partial charge in [-0.25, -0.2) is 21.6 Å². The molecule has 1 fully saturated rings. The van der Waals surface area contributed by atoms with Gasteiger partial charge >= 0.3 is 0 Å². The summed E-state index contributed by atoms with van der Waals surface area (Å²) >= 11 is 1.06. The molecule has 1 aliphatic heterocycles. The number of hydrogen-bond acceptors (Lipinski definition) is 6. The predicted octanol–water partition coefficient (Wildman–Crippen LogP) is 2.01. The Bertz CT molecular complexity index is 1090. The minimum absolute atomic E-state index is 0.0775. The quantitative estimate of drug-likeness (QED) is 0.689. The summed E-state index contributed by atoms with van der Waals surface area (Å²) in [6.07, 6.45) is 2.34. The van der Waals surface area contributed by atoms with Gasteiger partial charge in [0.1, 0.15) is 9.77 Å². The molecule has 0 radical (unpaired) electrons. The number of sulfonamides is 2. The van der Waals surface area contributed by atoms with E-state index in [1.54, 1.807) is 29.6 Å². The Hall–Kier alpha value is -1.95. The molecule has 1 saturated heterocycles. The second kappa shape index (κ2) is 8.42. The van der Waals surface area contributed by atoms with Crippen molar-refractivity contribution >= 4 is 43.0 Å². The van der Waals surface area contributed by atoms with Gasteiger partial charge in [-0.2, -0.15) is 0 Å². The van der Waals surface area contributed by atoms with Gasteiger partial charge in [0, 0.05) is 24.8 Å². The topological polar surface area (TPSA) is 113 Å². The number of carbonyl (C=O) groups excluding carboxylic acids is 1. The predicted molar refractivity (Wildman–Crippen MR) is 113 cm³/mol. The zero-order valence-corrected chi connectivity index (χ0v) is 18.5. The Balaban J connectivity index is 1.79. The lowest BCUT2D eigenvalue weighted by molar-refractivity contribution is 0.0704. The van der Waals surface area contributed by atoms with E-state index in [1.165, 1.54) is 11.0 Å². The molecular weight excluding hydrogens is 434 g/mol. The standard InChI is InChI=1S/C18H23N3O5S3/c1-13-5-7-14(8-6-13)20-29(25,26)16-9-11-27-17(16)18(22)21-10-3-4-15(12-21)19-28(2,23)24/h5-9,11,15,19-20H,3-4,10,12H2,1-2H3. The van der Waals surface area contributed by atoms with Crippen molar-refractivity contribution in [1.29, 1.82) is 0 Å². The van der Waals surface area contributed by atoms with Crippen LogP contribution in [0.25, 0.3) is 0 Å². The average molecular weight is 458 g/mol. The minimum Gasteiger partial charge on any atom is -0.336 e. The zero-order chi connectivity index (χ0) is 21.2. The summed E-state index contributed by atoms with van der Waals surface area (Å²) in [5.74, 6) is -0.413. The van der Waals surface area contributed by atoms with E-state index in [2.05, 4.69) is 9.44 Å². The number of likely N-dealkylation sites (tertiary alicyclic amines) is 1. The molecule has 0 spiro atoms. The summed E-state index contributed by atoms with van der Waals surface area (Å²) in [5.41, 5.74) is 1.41. The van der Waals surface area contributed by atoms with Crippen LogP contribution in [-0.4, -0.2) is 53.0 Å². The molecule has 0 saturated carbocycles. The van der Waals surface area contributed by atoms with Crippen molar-refractivity contribution in [1.82, 2.24) is 9.62 Å². The van der Waals surface area contributed by atoms with Crippen LogP contribution >= 0.6 is 11.3 Å². The van der Waals surface area contributed by atoms with Crippen LogP contribution in [0.4, 0.5) is 5.69 Å². The SMILES string of the molecule is Cc1ccc(NS(=O)(=O)c2ccsc2C(=O)N2CCCC(NS(C)(=O)=O)C2)cc1. The van der Waals surface area contributed by atoms with Gasteiger partial charge in [0.25, 0.3) is 15.9 Å². The molecule has 0 bridgehead atoms. The Labute approximate surface area is 175 Å². The van der Waals surface area contributed by atoms with Gasteiger partial charge in [-0.3, -0.25) is 9.52 Å². The lowest BCUT2D eigenvalue weighted by atomic mass is 10.1. The minimum atomic E-state index is -3.94. The number of aryl methyl sites for hydroxylation is 1. The van der Waals surface area contributed by atoms with E-state index in [1.807, 2.05) is 6.92 Å². The summed E-state index contributed by atoms with van der Waals surface area (Å²) in [6, 6.07) is 7.93. The first-order valence-corrected chi connectivity index (χ1v) is 13.2. The first kappa shape index (κ1) is 21.8. The monoisotopic (exact) mass is 457 g/mol. The molecule has 8 nitrogen and oxygen atoms in total. The summed E-state index contributed by atoms with van der Waals surface area (Å²) in [5, 5.41) is 1.56. The molecule has 1 amide bonds. The Morgan fingerprint density at radius 1 is 1.14 bits per heavy atom. The van der Waals surface area contributed by atoms with Gasteiger partial charge in [0.05, 0.1) is 6.26 Å². The number of thiophene rings is 1. The van der Waals surface area contributed by atoms with Crippen molar-refractivity contribution in [3.63, 3.8) is 0 Å². The third-order valence-corrected chi connectivity index (χ3v) is 7.72. The summed E-state index contributed by atoms with van der Waals surface area (Å²) < 4.78 is 53.7. The van der Waals surface area contributed by atoms with E-state index in [9.17, 15) is 21.6 Å². The van der Waals surface area contributed by atoms with Gasteiger partial charge in [0.15, 0.2) is 0 Å². The van der Waals surface area contributed by atoms with Crippen molar-refractivity contribution < 1.29 is 21.6 Å². The van der Waals surface area contributed by atoms with E-state index in [0.29, 0.717) is 25.1 Å². The molecule has 11 heteroatoms. The highest BCUT2D eigenvalue weighted by molar-refractivity contribution is 7.93. The average Bonchev–Trinajstić information content (AvgIpc) is 3.12. The molecule has 3 rings (SSSR count). The molecule has 1 aromatic heterocycles. The van der Waals surface area contributed by atoms with Gasteiger partial charge in [-0.15, -0.1) is 11.3 Å². The Morgan fingerprint density at radius 3 is 2.48 bits per heavy atom. The normalized spacial score (nSPS) is 17.9. The van der Waals surface area contributed by atoms with Gasteiger partial charge < -0.3 is 4.90 Å². The fourth-order valence-electron chi connectivity index (χ4n) is 3.20. The summed E-state index contributed by atoms with van der Waals surface area (Å²) in [7, 11) is -7.33. The van der Waals surface area contributed by atoms with Crippen molar-refractivity contribution in [3.8, 4) is 0 Å². The number of piperidine rings is 1. The molecule has 2 N–H and O–H groups in total. The number of nitrogens with zero attached hydrogens (tertiary/aromatic N) is 1. The maximum atomic E-state index is 13.0. The maximum Gasteiger partial charge on any atom is 0.265 e. The largest absolute Gasteiger partial charge is 0.336 e. The second-order valence-corrected chi connectivity index (χ2v) is 11.4. The lowest BCUT2D eigenvalue weighted by Crippen LogP contribution is -2.49. The van der Waals surface area contributed by atoms with Crippen molar-refractivity contribution in [2.45, 2.75) is 30.7 Å². The van der Waals surface area contributed by atoms with Gasteiger partial charge in [-0.1, -0.05) is 17.7 Å². The van der Waals surface area contributed by atoms with Gasteiger partial charge in [-0.05, 0) is 43.3 Å². The molecule has 1 atom stereocenters. The fraction of sp³-hybridized carbons (Fsp3) is 0.389. The summed E-state index contributed by atoms with van der Waals surface area (Å²) in [4.78, 5) is 14.5. The molecule has 1 unspecified atom stereocenters. The first-order valence-electron chi connectivity index (χ1n) is 8.99. The Kier molecular flexibility index (Phi) is 6.32. The molecule has 1 aromatic carbocycles. The number of amides is 1. The van der Waals surface area contributed by atoms with Crippen molar-refractivity contribution in [3.05, 3.63) is 46.2 Å². The smallest absolute Gasteiger partial charge is 0.265 e. The first-order chi connectivity index (χ1) is 13.5. The third-order valence-electron chi connectivity index (χ3n) is 4.51. The molecule has 1 aliphatic rings. The van der Waals surface area contributed by atoms with Crippen LogP contribution in [0.3, 0.4) is 0 Å². The van der Waals surface area contributed by atoms with Crippen LogP contribution in [0.2, 0.25) is 0 Å². The number of rotatable bonds is 6.